The highest BCUT2D eigenvalue weighted by atomic mass is 16.6. The highest BCUT2D eigenvalue weighted by molar-refractivity contribution is 5.90. The number of hydrogen-bond donors (Lipinski definition) is 3. The van der Waals surface area contributed by atoms with Gasteiger partial charge < -0.3 is 30.3 Å². The van der Waals surface area contributed by atoms with Crippen molar-refractivity contribution in [2.75, 3.05) is 33.4 Å². The van der Waals surface area contributed by atoms with Crippen LogP contribution in [0.3, 0.4) is 0 Å². The van der Waals surface area contributed by atoms with E-state index in [1.54, 1.807) is 51.2 Å². The van der Waals surface area contributed by atoms with E-state index < -0.39 is 17.6 Å². The van der Waals surface area contributed by atoms with Crippen LogP contribution in [0.2, 0.25) is 0 Å². The number of nitrogens with zero attached hydrogens (tertiary/aromatic N) is 2. The summed E-state index contributed by atoms with van der Waals surface area (Å²) in [6.07, 6.45) is 4.18. The monoisotopic (exact) mass is 503 g/mol. The molecule has 0 aromatic carbocycles. The molecule has 1 saturated heterocycles. The SMILES string of the molecule is CN1C(=O)C[C@H](C(=O)NCCOCCNC(=O)[C@H]2C[C@@H](NC(=O)OC(C)(C)C)C2)[C@H]1c1cccnc1. The number of rotatable bonds is 10. The molecule has 0 spiro atoms. The van der Waals surface area contributed by atoms with Crippen molar-refractivity contribution in [2.24, 2.45) is 11.8 Å². The molecule has 1 aromatic rings. The Labute approximate surface area is 211 Å². The number of likely N-dealkylation sites (tertiary alicyclic amines) is 1. The van der Waals surface area contributed by atoms with Crippen LogP contribution < -0.4 is 16.0 Å². The average Bonchev–Trinajstić information content (AvgIpc) is 3.08. The van der Waals surface area contributed by atoms with Gasteiger partial charge in [0.25, 0.3) is 0 Å². The van der Waals surface area contributed by atoms with Gasteiger partial charge in [0.05, 0.1) is 25.2 Å². The fraction of sp³-hybridized carbons (Fsp3) is 0.640. The molecule has 11 heteroatoms. The van der Waals surface area contributed by atoms with Crippen molar-refractivity contribution in [3.05, 3.63) is 30.1 Å². The Morgan fingerprint density at radius 2 is 1.78 bits per heavy atom. The van der Waals surface area contributed by atoms with Gasteiger partial charge in [-0.3, -0.25) is 19.4 Å². The molecule has 3 rings (SSSR count). The van der Waals surface area contributed by atoms with Gasteiger partial charge in [0.15, 0.2) is 0 Å². The molecule has 2 aliphatic rings. The summed E-state index contributed by atoms with van der Waals surface area (Å²) in [5.41, 5.74) is 0.276. The topological polar surface area (TPSA) is 139 Å². The molecule has 1 aliphatic heterocycles. The zero-order chi connectivity index (χ0) is 26.3. The van der Waals surface area contributed by atoms with Crippen LogP contribution in [-0.2, 0) is 23.9 Å². The van der Waals surface area contributed by atoms with E-state index in [0.29, 0.717) is 39.1 Å². The first-order chi connectivity index (χ1) is 17.0. The molecule has 0 radical (unpaired) electrons. The summed E-state index contributed by atoms with van der Waals surface area (Å²) in [4.78, 5) is 54.6. The summed E-state index contributed by atoms with van der Waals surface area (Å²) in [5.74, 6) is -0.954. The standard InChI is InChI=1S/C25H37N5O6/c1-25(2,3)36-24(34)29-18-12-17(13-18)22(32)27-8-10-35-11-9-28-23(33)19-14-20(31)30(4)21(19)16-6-5-7-26-15-16/h5-7,15,17-19,21H,8-14H2,1-4H3,(H,27,32)(H,28,33)(H,29,34)/t17-,18+,19-,21+/m0/s1. The first-order valence-corrected chi connectivity index (χ1v) is 12.3. The lowest BCUT2D eigenvalue weighted by Crippen LogP contribution is -2.50. The third kappa shape index (κ3) is 7.64. The van der Waals surface area contributed by atoms with Crippen molar-refractivity contribution >= 4 is 23.8 Å². The van der Waals surface area contributed by atoms with Crippen LogP contribution >= 0.6 is 0 Å². The van der Waals surface area contributed by atoms with Crippen LogP contribution in [0.25, 0.3) is 0 Å². The zero-order valence-corrected chi connectivity index (χ0v) is 21.4. The molecular formula is C25H37N5O6. The first-order valence-electron chi connectivity index (χ1n) is 12.3. The lowest BCUT2D eigenvalue weighted by molar-refractivity contribution is -0.129. The fourth-order valence-corrected chi connectivity index (χ4v) is 4.41. The van der Waals surface area contributed by atoms with Crippen molar-refractivity contribution in [1.82, 2.24) is 25.8 Å². The van der Waals surface area contributed by atoms with Crippen molar-refractivity contribution < 1.29 is 28.7 Å². The molecule has 2 fully saturated rings. The van der Waals surface area contributed by atoms with Gasteiger partial charge in [-0.1, -0.05) is 6.07 Å². The van der Waals surface area contributed by atoms with Crippen molar-refractivity contribution in [3.8, 4) is 0 Å². The average molecular weight is 504 g/mol. The molecule has 11 nitrogen and oxygen atoms in total. The number of carbonyl (C=O) groups excluding carboxylic acids is 4. The largest absolute Gasteiger partial charge is 0.444 e. The molecule has 0 bridgehead atoms. The Hall–Kier alpha value is -3.21. The molecular weight excluding hydrogens is 466 g/mol. The normalized spacial score (nSPS) is 23.6. The van der Waals surface area contributed by atoms with Gasteiger partial charge in [0.2, 0.25) is 17.7 Å². The number of nitrogens with one attached hydrogen (secondary N) is 3. The smallest absolute Gasteiger partial charge is 0.407 e. The van der Waals surface area contributed by atoms with Crippen molar-refractivity contribution in [2.45, 2.75) is 57.7 Å². The van der Waals surface area contributed by atoms with E-state index in [1.165, 1.54) is 0 Å². The fourth-order valence-electron chi connectivity index (χ4n) is 4.41. The second-order valence-electron chi connectivity index (χ2n) is 10.3. The minimum absolute atomic E-state index is 0.0526. The number of alkyl carbamates (subject to hydrolysis) is 1. The van der Waals surface area contributed by atoms with Crippen LogP contribution in [-0.4, -0.2) is 78.7 Å². The van der Waals surface area contributed by atoms with E-state index in [9.17, 15) is 19.2 Å². The Morgan fingerprint density at radius 3 is 2.39 bits per heavy atom. The van der Waals surface area contributed by atoms with Crippen molar-refractivity contribution in [3.63, 3.8) is 0 Å². The molecule has 1 aromatic heterocycles. The summed E-state index contributed by atoms with van der Waals surface area (Å²) in [5, 5.41) is 8.44. The maximum atomic E-state index is 12.7. The predicted octanol–water partition coefficient (Wildman–Crippen LogP) is 1.15. The van der Waals surface area contributed by atoms with E-state index >= 15 is 0 Å². The van der Waals surface area contributed by atoms with E-state index in [0.717, 1.165) is 5.56 Å². The predicted molar refractivity (Wildman–Crippen MR) is 131 cm³/mol. The van der Waals surface area contributed by atoms with Gasteiger partial charge >= 0.3 is 6.09 Å². The van der Waals surface area contributed by atoms with Crippen LogP contribution in [0.1, 0.15) is 51.6 Å². The zero-order valence-electron chi connectivity index (χ0n) is 21.4. The minimum Gasteiger partial charge on any atom is -0.444 e. The maximum Gasteiger partial charge on any atom is 0.407 e. The summed E-state index contributed by atoms with van der Waals surface area (Å²) >= 11 is 0. The third-order valence-electron chi connectivity index (χ3n) is 6.27. The third-order valence-corrected chi connectivity index (χ3v) is 6.27. The second-order valence-corrected chi connectivity index (χ2v) is 10.3. The summed E-state index contributed by atoms with van der Waals surface area (Å²) in [6.45, 7) is 6.68. The Balaban J connectivity index is 1.26. The lowest BCUT2D eigenvalue weighted by atomic mass is 9.79. The Bertz CT molecular complexity index is 929. The van der Waals surface area contributed by atoms with Crippen LogP contribution in [0.5, 0.6) is 0 Å². The summed E-state index contributed by atoms with van der Waals surface area (Å²) in [6, 6.07) is 3.26. The van der Waals surface area contributed by atoms with E-state index in [-0.39, 0.29) is 42.1 Å². The number of ether oxygens (including phenoxy) is 2. The Kier molecular flexibility index (Phi) is 9.25. The number of pyridine rings is 1. The van der Waals surface area contributed by atoms with Crippen LogP contribution in [0, 0.1) is 11.8 Å². The minimum atomic E-state index is -0.554. The second kappa shape index (κ2) is 12.2. The number of carbonyl (C=O) groups is 4. The number of hydrogen-bond acceptors (Lipinski definition) is 7. The van der Waals surface area contributed by atoms with Crippen molar-refractivity contribution in [1.29, 1.82) is 0 Å². The molecule has 2 atom stereocenters. The highest BCUT2D eigenvalue weighted by Gasteiger charge is 2.42. The molecule has 198 valence electrons. The summed E-state index contributed by atoms with van der Waals surface area (Å²) in [7, 11) is 1.70. The van der Waals surface area contributed by atoms with E-state index in [2.05, 4.69) is 20.9 Å². The first kappa shape index (κ1) is 27.4. The number of amides is 4. The molecule has 36 heavy (non-hydrogen) atoms. The van der Waals surface area contributed by atoms with Crippen LogP contribution in [0.15, 0.2) is 24.5 Å². The Morgan fingerprint density at radius 1 is 1.11 bits per heavy atom. The molecule has 0 unspecified atom stereocenters. The van der Waals surface area contributed by atoms with Gasteiger partial charge in [0.1, 0.15) is 5.60 Å². The molecule has 2 heterocycles. The van der Waals surface area contributed by atoms with Gasteiger partial charge in [-0.05, 0) is 45.2 Å². The van der Waals surface area contributed by atoms with Crippen LogP contribution in [0.4, 0.5) is 4.79 Å². The molecule has 3 N–H and O–H groups in total. The molecule has 1 saturated carbocycles. The summed E-state index contributed by atoms with van der Waals surface area (Å²) < 4.78 is 10.7. The van der Waals surface area contributed by atoms with Gasteiger partial charge in [-0.25, -0.2) is 4.79 Å². The van der Waals surface area contributed by atoms with E-state index in [4.69, 9.17) is 9.47 Å². The molecule has 4 amide bonds. The lowest BCUT2D eigenvalue weighted by Gasteiger charge is -2.35. The van der Waals surface area contributed by atoms with Gasteiger partial charge in [0, 0.05) is 50.9 Å². The number of aromatic nitrogens is 1. The highest BCUT2D eigenvalue weighted by Crippen LogP contribution is 2.36. The van der Waals surface area contributed by atoms with Gasteiger partial charge in [-0.15, -0.1) is 0 Å². The van der Waals surface area contributed by atoms with Gasteiger partial charge in [-0.2, -0.15) is 0 Å². The van der Waals surface area contributed by atoms with E-state index in [1.807, 2.05) is 6.07 Å². The quantitative estimate of drug-likeness (QED) is 0.407. The molecule has 1 aliphatic carbocycles. The maximum absolute atomic E-state index is 12.7.